The highest BCUT2D eigenvalue weighted by molar-refractivity contribution is 5.84. The van der Waals surface area contributed by atoms with Crippen LogP contribution in [-0.2, 0) is 14.3 Å². The average molecular weight is 210 g/mol. The number of hydrogen-bond acceptors (Lipinski definition) is 3. The van der Waals surface area contributed by atoms with Gasteiger partial charge in [0, 0.05) is 12.5 Å². The Kier molecular flexibility index (Phi) is 1.65. The van der Waals surface area contributed by atoms with E-state index in [0.29, 0.717) is 12.5 Å². The first-order chi connectivity index (χ1) is 7.02. The molecule has 0 aromatic heterocycles. The zero-order chi connectivity index (χ0) is 10.8. The van der Waals surface area contributed by atoms with Gasteiger partial charge < -0.3 is 9.47 Å². The quantitative estimate of drug-likeness (QED) is 0.651. The Bertz CT molecular complexity index is 323. The SMILES string of the molecule is CCOC12CC3CC(OC1=O)C2C3(C)C. The number of esters is 1. The minimum absolute atomic E-state index is 0.104. The Hall–Kier alpha value is -0.570. The van der Waals surface area contributed by atoms with Crippen molar-refractivity contribution in [2.45, 2.75) is 45.3 Å². The highest BCUT2D eigenvalue weighted by Crippen LogP contribution is 2.67. The number of ether oxygens (including phenoxy) is 2. The van der Waals surface area contributed by atoms with E-state index in [4.69, 9.17) is 9.47 Å². The van der Waals surface area contributed by atoms with Gasteiger partial charge in [0.15, 0.2) is 5.60 Å². The second kappa shape index (κ2) is 2.57. The number of fused-ring (bicyclic) bond motifs is 1. The fourth-order valence-electron chi connectivity index (χ4n) is 4.22. The highest BCUT2D eigenvalue weighted by atomic mass is 16.6. The molecule has 1 saturated heterocycles. The maximum absolute atomic E-state index is 11.9. The molecule has 2 bridgehead atoms. The molecule has 1 heterocycles. The lowest BCUT2D eigenvalue weighted by Gasteiger charge is -2.30. The fourth-order valence-corrected chi connectivity index (χ4v) is 4.22. The van der Waals surface area contributed by atoms with Crippen LogP contribution in [0.25, 0.3) is 0 Å². The van der Waals surface area contributed by atoms with Crippen molar-refractivity contribution in [3.05, 3.63) is 0 Å². The number of rotatable bonds is 2. The molecule has 0 aromatic carbocycles. The maximum atomic E-state index is 11.9. The predicted octanol–water partition coefficient (Wildman–Crippen LogP) is 1.75. The first kappa shape index (κ1) is 9.64. The van der Waals surface area contributed by atoms with Crippen LogP contribution in [0.2, 0.25) is 0 Å². The van der Waals surface area contributed by atoms with Crippen molar-refractivity contribution in [2.75, 3.05) is 6.61 Å². The first-order valence-electron chi connectivity index (χ1n) is 5.87. The molecule has 4 atom stereocenters. The largest absolute Gasteiger partial charge is 0.460 e. The summed E-state index contributed by atoms with van der Waals surface area (Å²) in [6.45, 7) is 7.06. The summed E-state index contributed by atoms with van der Waals surface area (Å²) in [5.74, 6) is 0.764. The van der Waals surface area contributed by atoms with E-state index < -0.39 is 5.60 Å². The zero-order valence-electron chi connectivity index (χ0n) is 9.58. The molecular formula is C12H18O3. The molecule has 15 heavy (non-hydrogen) atoms. The van der Waals surface area contributed by atoms with Crippen LogP contribution in [0, 0.1) is 17.3 Å². The molecule has 1 aliphatic heterocycles. The monoisotopic (exact) mass is 210 g/mol. The Morgan fingerprint density at radius 1 is 1.53 bits per heavy atom. The normalized spacial score (nSPS) is 49.8. The maximum Gasteiger partial charge on any atom is 0.339 e. The number of hydrogen-bond donors (Lipinski definition) is 0. The van der Waals surface area contributed by atoms with Crippen LogP contribution in [0.3, 0.4) is 0 Å². The van der Waals surface area contributed by atoms with Crippen LogP contribution < -0.4 is 0 Å². The summed E-state index contributed by atoms with van der Waals surface area (Å²) < 4.78 is 11.3. The summed E-state index contributed by atoms with van der Waals surface area (Å²) in [4.78, 5) is 11.9. The van der Waals surface area contributed by atoms with Crippen LogP contribution in [0.15, 0.2) is 0 Å². The van der Waals surface area contributed by atoms with Crippen molar-refractivity contribution < 1.29 is 14.3 Å². The minimum Gasteiger partial charge on any atom is -0.460 e. The number of carbonyl (C=O) groups excluding carboxylic acids is 1. The van der Waals surface area contributed by atoms with Crippen molar-refractivity contribution in [2.24, 2.45) is 17.3 Å². The van der Waals surface area contributed by atoms with E-state index in [0.717, 1.165) is 12.8 Å². The summed E-state index contributed by atoms with van der Waals surface area (Å²) in [6.07, 6.45) is 2.03. The first-order valence-corrected chi connectivity index (χ1v) is 5.87. The molecule has 0 amide bonds. The van der Waals surface area contributed by atoms with Crippen molar-refractivity contribution >= 4 is 5.97 Å². The van der Waals surface area contributed by atoms with Gasteiger partial charge in [-0.3, -0.25) is 0 Å². The van der Waals surface area contributed by atoms with Crippen LogP contribution in [-0.4, -0.2) is 24.3 Å². The molecule has 0 spiro atoms. The Morgan fingerprint density at radius 2 is 2.27 bits per heavy atom. The molecule has 3 heteroatoms. The van der Waals surface area contributed by atoms with Gasteiger partial charge in [0.05, 0.1) is 0 Å². The van der Waals surface area contributed by atoms with Crippen LogP contribution >= 0.6 is 0 Å². The second-order valence-corrected chi connectivity index (χ2v) is 5.70. The van der Waals surface area contributed by atoms with E-state index >= 15 is 0 Å². The average Bonchev–Trinajstić information content (AvgIpc) is 2.57. The molecule has 3 rings (SSSR count). The van der Waals surface area contributed by atoms with Gasteiger partial charge >= 0.3 is 5.97 Å². The molecule has 2 aliphatic carbocycles. The lowest BCUT2D eigenvalue weighted by Crippen LogP contribution is -2.44. The molecule has 3 nitrogen and oxygen atoms in total. The van der Waals surface area contributed by atoms with E-state index in [2.05, 4.69) is 13.8 Å². The van der Waals surface area contributed by atoms with Gasteiger partial charge in [0.25, 0.3) is 0 Å². The van der Waals surface area contributed by atoms with Crippen LogP contribution in [0.5, 0.6) is 0 Å². The third kappa shape index (κ3) is 0.889. The van der Waals surface area contributed by atoms with E-state index in [1.54, 1.807) is 0 Å². The van der Waals surface area contributed by atoms with Gasteiger partial charge in [0.2, 0.25) is 0 Å². The van der Waals surface area contributed by atoms with Crippen LogP contribution in [0.4, 0.5) is 0 Å². The van der Waals surface area contributed by atoms with Gasteiger partial charge in [-0.2, -0.15) is 0 Å². The summed E-state index contributed by atoms with van der Waals surface area (Å²) in [5.41, 5.74) is -0.391. The topological polar surface area (TPSA) is 35.5 Å². The molecule has 4 unspecified atom stereocenters. The van der Waals surface area contributed by atoms with Gasteiger partial charge in [-0.25, -0.2) is 4.79 Å². The van der Waals surface area contributed by atoms with E-state index in [-0.39, 0.29) is 23.4 Å². The van der Waals surface area contributed by atoms with E-state index in [1.807, 2.05) is 6.92 Å². The van der Waals surface area contributed by atoms with Crippen molar-refractivity contribution in [1.82, 2.24) is 0 Å². The van der Waals surface area contributed by atoms with Crippen LogP contribution in [0.1, 0.15) is 33.6 Å². The lowest BCUT2D eigenvalue weighted by atomic mass is 9.78. The molecule has 2 saturated carbocycles. The molecular weight excluding hydrogens is 192 g/mol. The molecule has 3 fully saturated rings. The summed E-state index contributed by atoms with van der Waals surface area (Å²) >= 11 is 0. The predicted molar refractivity (Wildman–Crippen MR) is 54.2 cm³/mol. The fraction of sp³-hybridized carbons (Fsp3) is 0.917. The molecule has 84 valence electrons. The van der Waals surface area contributed by atoms with Gasteiger partial charge in [-0.05, 0) is 31.1 Å². The standard InChI is InChI=1S/C12H18O3/c1-4-14-12-6-7-5-8(15-10(12)13)9(12)11(7,2)3/h7-9H,4-6H2,1-3H3. The Labute approximate surface area is 90.1 Å². The number of carbonyl (C=O) groups is 1. The van der Waals surface area contributed by atoms with Crippen molar-refractivity contribution in [3.8, 4) is 0 Å². The third-order valence-corrected chi connectivity index (χ3v) is 4.80. The van der Waals surface area contributed by atoms with Crippen molar-refractivity contribution in [1.29, 1.82) is 0 Å². The lowest BCUT2D eigenvalue weighted by molar-refractivity contribution is -0.160. The third-order valence-electron chi connectivity index (χ3n) is 4.80. The molecule has 0 radical (unpaired) electrons. The van der Waals surface area contributed by atoms with Crippen molar-refractivity contribution in [3.63, 3.8) is 0 Å². The van der Waals surface area contributed by atoms with Gasteiger partial charge in [-0.15, -0.1) is 0 Å². The molecule has 0 aromatic rings. The smallest absolute Gasteiger partial charge is 0.339 e. The van der Waals surface area contributed by atoms with Gasteiger partial charge in [0.1, 0.15) is 6.10 Å². The zero-order valence-corrected chi connectivity index (χ0v) is 9.58. The Balaban J connectivity index is 2.06. The molecule has 3 aliphatic rings. The van der Waals surface area contributed by atoms with E-state index in [9.17, 15) is 4.79 Å². The summed E-state index contributed by atoms with van der Waals surface area (Å²) in [7, 11) is 0. The Morgan fingerprint density at radius 3 is 2.87 bits per heavy atom. The molecule has 0 N–H and O–H groups in total. The second-order valence-electron chi connectivity index (χ2n) is 5.70. The van der Waals surface area contributed by atoms with Gasteiger partial charge in [-0.1, -0.05) is 13.8 Å². The minimum atomic E-state index is -0.591. The highest BCUT2D eigenvalue weighted by Gasteiger charge is 2.74. The summed E-state index contributed by atoms with van der Waals surface area (Å²) in [5, 5.41) is 0. The van der Waals surface area contributed by atoms with E-state index in [1.165, 1.54) is 0 Å². The summed E-state index contributed by atoms with van der Waals surface area (Å²) in [6, 6.07) is 0.